The monoisotopic (exact) mass is 542 g/mol. The summed E-state index contributed by atoms with van der Waals surface area (Å²) in [4.78, 5) is 11.8. The molecule has 3 aromatic carbocycles. The maximum absolute atomic E-state index is 12.9. The van der Waals surface area contributed by atoms with E-state index < -0.39 is 34.3 Å². The Labute approximate surface area is 209 Å². The zero-order chi connectivity index (χ0) is 25.9. The van der Waals surface area contributed by atoms with Crippen molar-refractivity contribution in [2.45, 2.75) is 17.6 Å². The number of benzene rings is 3. The molecule has 4 rings (SSSR count). The normalized spacial score (nSPS) is 12.8. The summed E-state index contributed by atoms with van der Waals surface area (Å²) in [6.07, 6.45) is -4.62. The number of carbonyl (C=O) groups excluding carboxylic acids is 1. The summed E-state index contributed by atoms with van der Waals surface area (Å²) < 4.78 is 81.8. The lowest BCUT2D eigenvalue weighted by Crippen LogP contribution is -2.28. The second kappa shape index (κ2) is 10.2. The van der Waals surface area contributed by atoms with Gasteiger partial charge in [0.2, 0.25) is 6.79 Å². The smallest absolute Gasteiger partial charge is 0.416 e. The summed E-state index contributed by atoms with van der Waals surface area (Å²) in [6, 6.07) is 12.5. The van der Waals surface area contributed by atoms with Crippen LogP contribution in [0, 0.1) is 0 Å². The first-order chi connectivity index (χ1) is 17.0. The van der Waals surface area contributed by atoms with Crippen LogP contribution in [0.5, 0.6) is 17.2 Å². The molecule has 0 radical (unpaired) electrons. The molecule has 0 aliphatic carbocycles. The van der Waals surface area contributed by atoms with Gasteiger partial charge in [-0.2, -0.15) is 13.2 Å². The largest absolute Gasteiger partial charge is 0.482 e. The molecule has 1 heterocycles. The van der Waals surface area contributed by atoms with Crippen molar-refractivity contribution in [1.82, 2.24) is 5.32 Å². The summed E-state index contributed by atoms with van der Waals surface area (Å²) in [6.45, 7) is -0.0368. The molecule has 8 nitrogen and oxygen atoms in total. The standard InChI is InChI=1S/C23H18ClF3N2O6S/c24-18-10-17(36(31,32)29-16-3-1-2-15(9-16)23(25,26)27)5-7-19(18)33-12-22(30)28-11-14-4-6-20-21(8-14)35-13-34-20/h1-10,29H,11-13H2,(H,28,30). The fraction of sp³-hybridized carbons (Fsp3) is 0.174. The summed E-state index contributed by atoms with van der Waals surface area (Å²) in [5.74, 6) is 0.806. The van der Waals surface area contributed by atoms with E-state index >= 15 is 0 Å². The minimum Gasteiger partial charge on any atom is -0.482 e. The van der Waals surface area contributed by atoms with Crippen molar-refractivity contribution in [3.8, 4) is 17.2 Å². The van der Waals surface area contributed by atoms with E-state index in [0.717, 1.165) is 29.8 Å². The van der Waals surface area contributed by atoms with Crippen LogP contribution in [-0.2, 0) is 27.5 Å². The fourth-order valence-electron chi connectivity index (χ4n) is 3.18. The average molecular weight is 543 g/mol. The first kappa shape index (κ1) is 25.5. The number of hydrogen-bond donors (Lipinski definition) is 2. The lowest BCUT2D eigenvalue weighted by Gasteiger charge is -2.13. The number of carbonyl (C=O) groups is 1. The fourth-order valence-corrected chi connectivity index (χ4v) is 4.56. The van der Waals surface area contributed by atoms with E-state index in [1.807, 2.05) is 0 Å². The van der Waals surface area contributed by atoms with Gasteiger partial charge in [-0.25, -0.2) is 8.42 Å². The number of halogens is 4. The lowest BCUT2D eigenvalue weighted by atomic mass is 10.2. The predicted octanol–water partition coefficient (Wildman–Crippen LogP) is 4.58. The molecular weight excluding hydrogens is 525 g/mol. The Hall–Kier alpha value is -3.64. The molecule has 0 saturated carbocycles. The predicted molar refractivity (Wildman–Crippen MR) is 124 cm³/mol. The second-order valence-corrected chi connectivity index (χ2v) is 9.62. The van der Waals surface area contributed by atoms with Crippen LogP contribution in [-0.4, -0.2) is 27.7 Å². The van der Waals surface area contributed by atoms with Crippen molar-refractivity contribution in [3.63, 3.8) is 0 Å². The quantitative estimate of drug-likeness (QED) is 0.432. The maximum Gasteiger partial charge on any atom is 0.416 e. The summed E-state index contributed by atoms with van der Waals surface area (Å²) in [5, 5.41) is 2.56. The number of nitrogens with one attached hydrogen (secondary N) is 2. The third-order valence-corrected chi connectivity index (χ3v) is 6.62. The Morgan fingerprint density at radius 3 is 2.56 bits per heavy atom. The van der Waals surface area contributed by atoms with Crippen LogP contribution in [0.3, 0.4) is 0 Å². The van der Waals surface area contributed by atoms with E-state index in [2.05, 4.69) is 10.0 Å². The Balaban J connectivity index is 1.34. The van der Waals surface area contributed by atoms with Crippen LogP contribution >= 0.6 is 11.6 Å². The Morgan fingerprint density at radius 2 is 1.81 bits per heavy atom. The number of anilines is 1. The molecule has 2 N–H and O–H groups in total. The van der Waals surface area contributed by atoms with Gasteiger partial charge in [-0.3, -0.25) is 9.52 Å². The SMILES string of the molecule is O=C(COc1ccc(S(=O)(=O)Nc2cccc(C(F)(F)F)c2)cc1Cl)NCc1ccc2c(c1)OCO2. The zero-order valence-electron chi connectivity index (χ0n) is 18.3. The molecule has 0 spiro atoms. The molecule has 0 aromatic heterocycles. The minimum absolute atomic E-state index is 0.0490. The van der Waals surface area contributed by atoms with Crippen molar-refractivity contribution in [3.05, 3.63) is 76.8 Å². The topological polar surface area (TPSA) is 103 Å². The molecular formula is C23H18ClF3N2O6S. The number of hydrogen-bond acceptors (Lipinski definition) is 6. The molecule has 190 valence electrons. The molecule has 36 heavy (non-hydrogen) atoms. The highest BCUT2D eigenvalue weighted by Gasteiger charge is 2.30. The third-order valence-electron chi connectivity index (χ3n) is 4.94. The van der Waals surface area contributed by atoms with E-state index in [-0.39, 0.29) is 34.7 Å². The van der Waals surface area contributed by atoms with Crippen LogP contribution in [0.25, 0.3) is 0 Å². The lowest BCUT2D eigenvalue weighted by molar-refractivity contribution is -0.137. The van der Waals surface area contributed by atoms with E-state index in [1.54, 1.807) is 18.2 Å². The molecule has 13 heteroatoms. The first-order valence-electron chi connectivity index (χ1n) is 10.3. The Kier molecular flexibility index (Phi) is 7.18. The molecule has 0 fully saturated rings. The van der Waals surface area contributed by atoms with Gasteiger partial charge in [0, 0.05) is 12.2 Å². The minimum atomic E-state index is -4.62. The van der Waals surface area contributed by atoms with Gasteiger partial charge in [0.1, 0.15) is 5.75 Å². The maximum atomic E-state index is 12.9. The number of rotatable bonds is 8. The van der Waals surface area contributed by atoms with E-state index in [4.69, 9.17) is 25.8 Å². The first-order valence-corrected chi connectivity index (χ1v) is 12.1. The molecule has 0 unspecified atom stereocenters. The zero-order valence-corrected chi connectivity index (χ0v) is 19.8. The Bertz CT molecular complexity index is 1400. The third kappa shape index (κ3) is 6.13. The van der Waals surface area contributed by atoms with Crippen LogP contribution < -0.4 is 24.2 Å². The highest BCUT2D eigenvalue weighted by atomic mass is 35.5. The van der Waals surface area contributed by atoms with Gasteiger partial charge in [-0.05, 0) is 54.1 Å². The van der Waals surface area contributed by atoms with Gasteiger partial charge < -0.3 is 19.5 Å². The van der Waals surface area contributed by atoms with Gasteiger partial charge in [0.25, 0.3) is 15.9 Å². The van der Waals surface area contributed by atoms with Gasteiger partial charge in [-0.15, -0.1) is 0 Å². The molecule has 1 aliphatic heterocycles. The van der Waals surface area contributed by atoms with Crippen molar-refractivity contribution >= 4 is 33.2 Å². The van der Waals surface area contributed by atoms with Crippen molar-refractivity contribution in [2.24, 2.45) is 0 Å². The van der Waals surface area contributed by atoms with Crippen LogP contribution in [0.15, 0.2) is 65.6 Å². The van der Waals surface area contributed by atoms with Gasteiger partial charge >= 0.3 is 6.18 Å². The van der Waals surface area contributed by atoms with Crippen molar-refractivity contribution < 1.29 is 40.6 Å². The van der Waals surface area contributed by atoms with Gasteiger partial charge in [-0.1, -0.05) is 23.7 Å². The number of sulfonamides is 1. The van der Waals surface area contributed by atoms with Crippen molar-refractivity contribution in [1.29, 1.82) is 0 Å². The number of fused-ring (bicyclic) bond motifs is 1. The van der Waals surface area contributed by atoms with Gasteiger partial charge in [0.05, 0.1) is 15.5 Å². The summed E-state index contributed by atoms with van der Waals surface area (Å²) >= 11 is 6.11. The highest BCUT2D eigenvalue weighted by molar-refractivity contribution is 7.92. The second-order valence-electron chi connectivity index (χ2n) is 7.53. The van der Waals surface area contributed by atoms with Gasteiger partial charge in [0.15, 0.2) is 18.1 Å². The summed E-state index contributed by atoms with van der Waals surface area (Å²) in [7, 11) is -4.25. The number of ether oxygens (including phenoxy) is 3. The van der Waals surface area contributed by atoms with Crippen LogP contribution in [0.2, 0.25) is 5.02 Å². The van der Waals surface area contributed by atoms with E-state index in [0.29, 0.717) is 17.6 Å². The highest BCUT2D eigenvalue weighted by Crippen LogP contribution is 2.33. The molecule has 1 amide bonds. The van der Waals surface area contributed by atoms with E-state index in [1.165, 1.54) is 12.1 Å². The number of amides is 1. The average Bonchev–Trinajstić information content (AvgIpc) is 3.29. The van der Waals surface area contributed by atoms with Crippen LogP contribution in [0.4, 0.5) is 18.9 Å². The number of alkyl halides is 3. The Morgan fingerprint density at radius 1 is 1.03 bits per heavy atom. The van der Waals surface area contributed by atoms with Crippen molar-refractivity contribution in [2.75, 3.05) is 18.1 Å². The molecule has 3 aromatic rings. The molecule has 0 bridgehead atoms. The molecule has 0 saturated heterocycles. The molecule has 1 aliphatic rings. The van der Waals surface area contributed by atoms with Crippen LogP contribution in [0.1, 0.15) is 11.1 Å². The molecule has 0 atom stereocenters. The van der Waals surface area contributed by atoms with E-state index in [9.17, 15) is 26.4 Å². The summed E-state index contributed by atoms with van der Waals surface area (Å²) in [5.41, 5.74) is -0.477.